The summed E-state index contributed by atoms with van der Waals surface area (Å²) in [5, 5.41) is 0. The number of benzene rings is 1. The first kappa shape index (κ1) is 13.3. The van der Waals surface area contributed by atoms with E-state index in [2.05, 4.69) is 9.62 Å². The lowest BCUT2D eigenvalue weighted by molar-refractivity contribution is 0.242. The second-order valence-electron chi connectivity index (χ2n) is 4.76. The molecule has 0 spiro atoms. The second-order valence-corrected chi connectivity index (χ2v) is 6.44. The molecule has 0 bridgehead atoms. The SMILES string of the molecule is CN1CCCC(NS(=O)(=O)c2ccccc2N)C1. The van der Waals surface area contributed by atoms with Crippen LogP contribution in [-0.4, -0.2) is 39.5 Å². The van der Waals surface area contributed by atoms with E-state index in [1.54, 1.807) is 18.2 Å². The first-order chi connectivity index (χ1) is 8.49. The van der Waals surface area contributed by atoms with Crippen LogP contribution in [0.4, 0.5) is 5.69 Å². The summed E-state index contributed by atoms with van der Waals surface area (Å²) >= 11 is 0. The number of para-hydroxylation sites is 1. The Bertz CT molecular complexity index is 516. The van der Waals surface area contributed by atoms with E-state index in [-0.39, 0.29) is 16.6 Å². The van der Waals surface area contributed by atoms with Crippen LogP contribution in [0.1, 0.15) is 12.8 Å². The van der Waals surface area contributed by atoms with E-state index in [0.717, 1.165) is 25.9 Å². The van der Waals surface area contributed by atoms with Crippen molar-refractivity contribution >= 4 is 15.7 Å². The van der Waals surface area contributed by atoms with E-state index in [0.29, 0.717) is 0 Å². The highest BCUT2D eigenvalue weighted by molar-refractivity contribution is 7.89. The quantitative estimate of drug-likeness (QED) is 0.790. The monoisotopic (exact) mass is 269 g/mol. The van der Waals surface area contributed by atoms with Gasteiger partial charge in [-0.15, -0.1) is 0 Å². The number of rotatable bonds is 3. The molecular weight excluding hydrogens is 250 g/mol. The van der Waals surface area contributed by atoms with E-state index in [1.165, 1.54) is 6.07 Å². The molecule has 1 heterocycles. The third-order valence-electron chi connectivity index (χ3n) is 3.15. The maximum Gasteiger partial charge on any atom is 0.242 e. The fraction of sp³-hybridized carbons (Fsp3) is 0.500. The number of hydrogen-bond donors (Lipinski definition) is 2. The van der Waals surface area contributed by atoms with Gasteiger partial charge in [0.25, 0.3) is 0 Å². The van der Waals surface area contributed by atoms with Gasteiger partial charge in [-0.05, 0) is 38.6 Å². The molecule has 18 heavy (non-hydrogen) atoms. The van der Waals surface area contributed by atoms with Gasteiger partial charge in [-0.25, -0.2) is 13.1 Å². The molecule has 3 N–H and O–H groups in total. The average Bonchev–Trinajstić information content (AvgIpc) is 2.28. The molecule has 0 saturated carbocycles. The van der Waals surface area contributed by atoms with E-state index in [1.807, 2.05) is 7.05 Å². The number of anilines is 1. The highest BCUT2D eigenvalue weighted by atomic mass is 32.2. The van der Waals surface area contributed by atoms with Crippen LogP contribution in [0.15, 0.2) is 29.2 Å². The molecule has 100 valence electrons. The molecule has 0 amide bonds. The normalized spacial score (nSPS) is 21.9. The van der Waals surface area contributed by atoms with Crippen LogP contribution in [0.25, 0.3) is 0 Å². The summed E-state index contributed by atoms with van der Waals surface area (Å²) in [6.07, 6.45) is 1.88. The topological polar surface area (TPSA) is 75.4 Å². The zero-order valence-electron chi connectivity index (χ0n) is 10.5. The summed E-state index contributed by atoms with van der Waals surface area (Å²) in [5.74, 6) is 0. The molecule has 1 aliphatic rings. The number of likely N-dealkylation sites (N-methyl/N-ethyl adjacent to an activating group) is 1. The Morgan fingerprint density at radius 1 is 1.39 bits per heavy atom. The zero-order valence-corrected chi connectivity index (χ0v) is 11.3. The van der Waals surface area contributed by atoms with Crippen molar-refractivity contribution in [3.8, 4) is 0 Å². The minimum Gasteiger partial charge on any atom is -0.398 e. The molecule has 1 fully saturated rings. The molecule has 1 aliphatic heterocycles. The Balaban J connectivity index is 2.15. The third kappa shape index (κ3) is 3.01. The summed E-state index contributed by atoms with van der Waals surface area (Å²) in [6, 6.07) is 6.50. The van der Waals surface area contributed by atoms with Crippen LogP contribution >= 0.6 is 0 Å². The Kier molecular flexibility index (Phi) is 3.89. The van der Waals surface area contributed by atoms with Gasteiger partial charge in [0, 0.05) is 12.6 Å². The maximum absolute atomic E-state index is 12.2. The van der Waals surface area contributed by atoms with Crippen LogP contribution < -0.4 is 10.5 Å². The summed E-state index contributed by atoms with van der Waals surface area (Å²) in [7, 11) is -1.52. The van der Waals surface area contributed by atoms with Crippen molar-refractivity contribution in [2.24, 2.45) is 0 Å². The van der Waals surface area contributed by atoms with Gasteiger partial charge in [0.05, 0.1) is 5.69 Å². The molecule has 5 nitrogen and oxygen atoms in total. The number of nitrogens with one attached hydrogen (secondary N) is 1. The molecule has 1 aromatic rings. The maximum atomic E-state index is 12.2. The number of sulfonamides is 1. The summed E-state index contributed by atoms with van der Waals surface area (Å²) in [5.41, 5.74) is 6.00. The van der Waals surface area contributed by atoms with Gasteiger partial charge >= 0.3 is 0 Å². The van der Waals surface area contributed by atoms with Gasteiger partial charge in [0.2, 0.25) is 10.0 Å². The highest BCUT2D eigenvalue weighted by Crippen LogP contribution is 2.18. The van der Waals surface area contributed by atoms with E-state index >= 15 is 0 Å². The predicted octanol–water partition coefficient (Wildman–Crippen LogP) is 0.641. The van der Waals surface area contributed by atoms with Crippen molar-refractivity contribution in [1.29, 1.82) is 0 Å². The molecule has 0 radical (unpaired) electrons. The minimum absolute atomic E-state index is 0.0339. The Hall–Kier alpha value is -1.11. The Morgan fingerprint density at radius 3 is 2.78 bits per heavy atom. The lowest BCUT2D eigenvalue weighted by Gasteiger charge is -2.30. The molecule has 0 aromatic heterocycles. The zero-order chi connectivity index (χ0) is 13.2. The van der Waals surface area contributed by atoms with Gasteiger partial charge < -0.3 is 10.6 Å². The van der Waals surface area contributed by atoms with Gasteiger partial charge in [-0.1, -0.05) is 12.1 Å². The highest BCUT2D eigenvalue weighted by Gasteiger charge is 2.24. The standard InChI is InChI=1S/C12H19N3O2S/c1-15-8-4-5-10(9-15)14-18(16,17)12-7-3-2-6-11(12)13/h2-3,6-7,10,14H,4-5,8-9,13H2,1H3. The van der Waals surface area contributed by atoms with Crippen molar-refractivity contribution < 1.29 is 8.42 Å². The minimum atomic E-state index is -3.52. The largest absolute Gasteiger partial charge is 0.398 e. The number of nitrogens with zero attached hydrogens (tertiary/aromatic N) is 1. The first-order valence-corrected chi connectivity index (χ1v) is 7.53. The average molecular weight is 269 g/mol. The number of hydrogen-bond acceptors (Lipinski definition) is 4. The molecule has 2 rings (SSSR count). The molecule has 1 atom stereocenters. The molecule has 1 unspecified atom stereocenters. The molecule has 6 heteroatoms. The van der Waals surface area contributed by atoms with Crippen molar-refractivity contribution in [2.75, 3.05) is 25.9 Å². The lowest BCUT2D eigenvalue weighted by Crippen LogP contribution is -2.46. The van der Waals surface area contributed by atoms with Crippen molar-refractivity contribution in [3.63, 3.8) is 0 Å². The fourth-order valence-corrected chi connectivity index (χ4v) is 3.67. The van der Waals surface area contributed by atoms with Gasteiger partial charge in [-0.2, -0.15) is 0 Å². The second kappa shape index (κ2) is 5.26. The Labute approximate surface area is 108 Å². The van der Waals surface area contributed by atoms with Gasteiger partial charge in [0.1, 0.15) is 4.90 Å². The lowest BCUT2D eigenvalue weighted by atomic mass is 10.1. The number of nitrogens with two attached hydrogens (primary N) is 1. The molecule has 0 aliphatic carbocycles. The van der Waals surface area contributed by atoms with Crippen molar-refractivity contribution in [1.82, 2.24) is 9.62 Å². The number of nitrogen functional groups attached to an aromatic ring is 1. The van der Waals surface area contributed by atoms with Crippen LogP contribution in [-0.2, 0) is 10.0 Å². The van der Waals surface area contributed by atoms with Crippen molar-refractivity contribution in [2.45, 2.75) is 23.8 Å². The van der Waals surface area contributed by atoms with E-state index in [4.69, 9.17) is 5.73 Å². The summed E-state index contributed by atoms with van der Waals surface area (Å²) in [6.45, 7) is 1.76. The number of likely N-dealkylation sites (tertiary alicyclic amines) is 1. The van der Waals surface area contributed by atoms with E-state index in [9.17, 15) is 8.42 Å². The fourth-order valence-electron chi connectivity index (χ4n) is 2.27. The molecule has 1 saturated heterocycles. The Morgan fingerprint density at radius 2 is 2.11 bits per heavy atom. The van der Waals surface area contributed by atoms with Gasteiger partial charge in [0.15, 0.2) is 0 Å². The summed E-state index contributed by atoms with van der Waals surface area (Å²) < 4.78 is 27.2. The smallest absolute Gasteiger partial charge is 0.242 e. The summed E-state index contributed by atoms with van der Waals surface area (Å²) in [4.78, 5) is 2.30. The first-order valence-electron chi connectivity index (χ1n) is 6.04. The van der Waals surface area contributed by atoms with Crippen LogP contribution in [0, 0.1) is 0 Å². The van der Waals surface area contributed by atoms with Crippen molar-refractivity contribution in [3.05, 3.63) is 24.3 Å². The van der Waals surface area contributed by atoms with Crippen LogP contribution in [0.3, 0.4) is 0 Å². The van der Waals surface area contributed by atoms with E-state index < -0.39 is 10.0 Å². The van der Waals surface area contributed by atoms with Crippen LogP contribution in [0.5, 0.6) is 0 Å². The predicted molar refractivity (Wildman–Crippen MR) is 71.7 cm³/mol. The van der Waals surface area contributed by atoms with Gasteiger partial charge in [-0.3, -0.25) is 0 Å². The van der Waals surface area contributed by atoms with Crippen LogP contribution in [0.2, 0.25) is 0 Å². The molecule has 1 aromatic carbocycles. The third-order valence-corrected chi connectivity index (χ3v) is 4.75. The number of piperidine rings is 1. The molecular formula is C12H19N3O2S.